The van der Waals surface area contributed by atoms with Gasteiger partial charge in [-0.1, -0.05) is 0 Å². The fourth-order valence-electron chi connectivity index (χ4n) is 4.72. The Hall–Kier alpha value is -3.36. The third kappa shape index (κ3) is 3.14. The van der Waals surface area contributed by atoms with E-state index in [1.807, 2.05) is 18.5 Å². The maximum absolute atomic E-state index is 13.3. The molecule has 4 aromatic heterocycles. The van der Waals surface area contributed by atoms with Crippen molar-refractivity contribution in [1.82, 2.24) is 29.0 Å². The first-order valence-electron chi connectivity index (χ1n) is 11.4. The van der Waals surface area contributed by atoms with Crippen molar-refractivity contribution in [1.29, 1.82) is 0 Å². The molecular weight excluding hydrogens is 406 g/mol. The number of aromatic nitrogens is 5. The molecule has 166 valence electrons. The molecule has 9 nitrogen and oxygen atoms in total. The number of carbonyl (C=O) groups is 1. The Balaban J connectivity index is 1.44. The predicted molar refractivity (Wildman–Crippen MR) is 121 cm³/mol. The molecule has 0 bridgehead atoms. The lowest BCUT2D eigenvalue weighted by Crippen LogP contribution is -2.36. The van der Waals surface area contributed by atoms with E-state index in [1.165, 1.54) is 0 Å². The number of hydrogen-bond donors (Lipinski definition) is 1. The minimum atomic E-state index is 0.238. The average molecular weight is 434 g/mol. The number of carbonyl (C=O) groups excluding carboxylic acids is 1. The van der Waals surface area contributed by atoms with Crippen LogP contribution in [0.5, 0.6) is 0 Å². The van der Waals surface area contributed by atoms with E-state index in [2.05, 4.69) is 37.7 Å². The zero-order valence-electron chi connectivity index (χ0n) is 18.6. The Morgan fingerprint density at radius 1 is 1.25 bits per heavy atom. The monoisotopic (exact) mass is 433 g/mol. The molecule has 0 aromatic carbocycles. The van der Waals surface area contributed by atoms with Crippen LogP contribution in [0.4, 0.5) is 11.8 Å². The van der Waals surface area contributed by atoms with Crippen molar-refractivity contribution in [3.8, 4) is 0 Å². The number of nitrogens with one attached hydrogen (secondary N) is 1. The summed E-state index contributed by atoms with van der Waals surface area (Å²) < 4.78 is 9.74. The predicted octanol–water partition coefficient (Wildman–Crippen LogP) is 3.68. The zero-order valence-corrected chi connectivity index (χ0v) is 18.6. The summed E-state index contributed by atoms with van der Waals surface area (Å²) in [5, 5.41) is 4.19. The summed E-state index contributed by atoms with van der Waals surface area (Å²) in [5.41, 5.74) is 3.56. The minimum Gasteiger partial charge on any atom is -0.429 e. The van der Waals surface area contributed by atoms with E-state index < -0.39 is 0 Å². The van der Waals surface area contributed by atoms with E-state index in [-0.39, 0.29) is 5.91 Å². The van der Waals surface area contributed by atoms with Gasteiger partial charge in [0.1, 0.15) is 16.9 Å². The maximum Gasteiger partial charge on any atom is 0.300 e. The second-order valence-electron chi connectivity index (χ2n) is 8.97. The first-order chi connectivity index (χ1) is 15.5. The van der Waals surface area contributed by atoms with Gasteiger partial charge < -0.3 is 18.5 Å². The summed E-state index contributed by atoms with van der Waals surface area (Å²) >= 11 is 0. The average Bonchev–Trinajstić information content (AvgIpc) is 3.67. The molecule has 32 heavy (non-hydrogen) atoms. The summed E-state index contributed by atoms with van der Waals surface area (Å²) in [6, 6.07) is 3.41. The van der Waals surface area contributed by atoms with Crippen molar-refractivity contribution >= 4 is 39.8 Å². The Morgan fingerprint density at radius 3 is 2.62 bits per heavy atom. The van der Waals surface area contributed by atoms with Gasteiger partial charge >= 0.3 is 6.01 Å². The van der Waals surface area contributed by atoms with Crippen LogP contribution in [0.2, 0.25) is 0 Å². The molecule has 1 amide bonds. The highest BCUT2D eigenvalue weighted by atomic mass is 16.4. The zero-order chi connectivity index (χ0) is 22.0. The quantitative estimate of drug-likeness (QED) is 0.478. The van der Waals surface area contributed by atoms with Gasteiger partial charge in [0, 0.05) is 36.8 Å². The number of hydrogen-bond acceptors (Lipinski definition) is 6. The number of imidazole rings is 1. The number of amides is 1. The number of fused-ring (bicyclic) bond motifs is 3. The number of aryl methyl sites for hydroxylation is 3. The van der Waals surface area contributed by atoms with Crippen LogP contribution in [0.25, 0.3) is 22.1 Å². The van der Waals surface area contributed by atoms with Crippen molar-refractivity contribution in [2.75, 3.05) is 5.32 Å². The van der Waals surface area contributed by atoms with E-state index in [0.29, 0.717) is 30.3 Å². The SMILES string of the molecule is CCn1c(CC(=O)N(C2CC2)C2CC2)cc2c3c(ncn3C)c(Nc3ncc(C)o3)nc21. The molecule has 0 saturated heterocycles. The second kappa shape index (κ2) is 7.08. The van der Waals surface area contributed by atoms with Gasteiger partial charge in [-0.05, 0) is 45.6 Å². The number of pyridine rings is 1. The van der Waals surface area contributed by atoms with Gasteiger partial charge in [-0.25, -0.2) is 15.0 Å². The highest BCUT2D eigenvalue weighted by Crippen LogP contribution is 2.38. The molecule has 0 atom stereocenters. The van der Waals surface area contributed by atoms with Crippen LogP contribution in [0.3, 0.4) is 0 Å². The first kappa shape index (κ1) is 19.3. The van der Waals surface area contributed by atoms with Gasteiger partial charge in [0.2, 0.25) is 5.91 Å². The van der Waals surface area contributed by atoms with Gasteiger partial charge in [-0.2, -0.15) is 0 Å². The second-order valence-corrected chi connectivity index (χ2v) is 8.97. The fraction of sp³-hybridized carbons (Fsp3) is 0.478. The number of oxazole rings is 1. The van der Waals surface area contributed by atoms with Crippen molar-refractivity contribution < 1.29 is 9.21 Å². The molecule has 9 heteroatoms. The van der Waals surface area contributed by atoms with Crippen LogP contribution in [-0.2, 0) is 24.8 Å². The minimum absolute atomic E-state index is 0.238. The normalized spacial score (nSPS) is 16.2. The third-order valence-electron chi connectivity index (χ3n) is 6.45. The summed E-state index contributed by atoms with van der Waals surface area (Å²) in [4.78, 5) is 29.1. The van der Waals surface area contributed by atoms with Crippen LogP contribution in [0.1, 0.15) is 44.1 Å². The highest BCUT2D eigenvalue weighted by Gasteiger charge is 2.42. The molecule has 2 saturated carbocycles. The van der Waals surface area contributed by atoms with Crippen LogP contribution in [0.15, 0.2) is 23.0 Å². The Kier molecular flexibility index (Phi) is 4.28. The molecule has 0 radical (unpaired) electrons. The lowest BCUT2D eigenvalue weighted by molar-refractivity contribution is -0.131. The van der Waals surface area contributed by atoms with Crippen LogP contribution in [0, 0.1) is 6.92 Å². The molecular formula is C23H27N7O2. The van der Waals surface area contributed by atoms with E-state index in [1.54, 1.807) is 12.5 Å². The van der Waals surface area contributed by atoms with Crippen molar-refractivity contribution in [2.24, 2.45) is 7.05 Å². The summed E-state index contributed by atoms with van der Waals surface area (Å²) in [5.74, 6) is 1.56. The molecule has 0 unspecified atom stereocenters. The molecule has 0 aliphatic heterocycles. The van der Waals surface area contributed by atoms with E-state index in [9.17, 15) is 4.79 Å². The molecule has 2 fully saturated rings. The summed E-state index contributed by atoms with van der Waals surface area (Å²) in [7, 11) is 1.98. The van der Waals surface area contributed by atoms with Gasteiger partial charge in [0.25, 0.3) is 0 Å². The van der Waals surface area contributed by atoms with Gasteiger partial charge in [-0.15, -0.1) is 0 Å². The number of nitrogens with zero attached hydrogens (tertiary/aromatic N) is 6. The van der Waals surface area contributed by atoms with Crippen molar-refractivity contribution in [3.05, 3.63) is 30.0 Å². The first-order valence-corrected chi connectivity index (χ1v) is 11.4. The molecule has 4 aromatic rings. The molecule has 0 spiro atoms. The third-order valence-corrected chi connectivity index (χ3v) is 6.45. The molecule has 6 rings (SSSR count). The smallest absolute Gasteiger partial charge is 0.300 e. The van der Waals surface area contributed by atoms with Gasteiger partial charge in [0.05, 0.1) is 24.5 Å². The van der Waals surface area contributed by atoms with Crippen LogP contribution >= 0.6 is 0 Å². The Morgan fingerprint density at radius 2 is 2.00 bits per heavy atom. The summed E-state index contributed by atoms with van der Waals surface area (Å²) in [6.45, 7) is 4.67. The Bertz CT molecular complexity index is 1330. The van der Waals surface area contributed by atoms with Crippen LogP contribution in [-0.4, -0.2) is 47.0 Å². The molecule has 2 aliphatic rings. The molecule has 2 aliphatic carbocycles. The lowest BCUT2D eigenvalue weighted by Gasteiger charge is -2.22. The van der Waals surface area contributed by atoms with Gasteiger partial charge in [-0.3, -0.25) is 10.1 Å². The van der Waals surface area contributed by atoms with E-state index in [4.69, 9.17) is 9.40 Å². The van der Waals surface area contributed by atoms with E-state index >= 15 is 0 Å². The summed E-state index contributed by atoms with van der Waals surface area (Å²) in [6.07, 6.45) is 8.43. The van der Waals surface area contributed by atoms with E-state index in [0.717, 1.165) is 65.7 Å². The van der Waals surface area contributed by atoms with Crippen LogP contribution < -0.4 is 5.32 Å². The maximum atomic E-state index is 13.3. The Labute approximate surface area is 185 Å². The topological polar surface area (TPSA) is 94.0 Å². The largest absolute Gasteiger partial charge is 0.429 e. The highest BCUT2D eigenvalue weighted by molar-refractivity contribution is 6.07. The van der Waals surface area contributed by atoms with Crippen molar-refractivity contribution in [2.45, 2.75) is 64.6 Å². The van der Waals surface area contributed by atoms with Gasteiger partial charge in [0.15, 0.2) is 5.82 Å². The standard InChI is InChI=1S/C23H27N7O2/c1-4-29-16(10-18(31)30(14-5-6-14)15-7-8-15)9-17-20-19(25-12-28(20)3)21(26-22(17)29)27-23-24-11-13(2)32-23/h9,11-12,14-15H,4-8,10H2,1-3H3,(H,24,26,27). The number of rotatable bonds is 7. The van der Waals surface area contributed by atoms with Crippen molar-refractivity contribution in [3.63, 3.8) is 0 Å². The molecule has 1 N–H and O–H groups in total. The number of anilines is 2. The molecule has 4 heterocycles. The fourth-order valence-corrected chi connectivity index (χ4v) is 4.72. The lowest BCUT2D eigenvalue weighted by atomic mass is 10.2.